The van der Waals surface area contributed by atoms with Gasteiger partial charge in [-0.25, -0.2) is 9.36 Å². The summed E-state index contributed by atoms with van der Waals surface area (Å²) < 4.78 is 7.07. The van der Waals surface area contributed by atoms with Crippen LogP contribution in [0.3, 0.4) is 0 Å². The average molecular weight is 514 g/mol. The van der Waals surface area contributed by atoms with Crippen molar-refractivity contribution in [2.24, 2.45) is 17.1 Å². The number of anilines is 1. The maximum Gasteiger partial charge on any atom is 0.353 e. The average Bonchev–Trinajstić information content (AvgIpc) is 3.20. The minimum atomic E-state index is -1.56. The highest BCUT2D eigenvalue weighted by molar-refractivity contribution is 9.10. The standard InChI is InChI=1S/C19H24BrN5O7/c1-19(17(29)30)5-3-2-4-6(19)11-9(26)10(27)16(32-11)25-15-8(13(21)24-18(25)31)7(14(22)28)12(20)23-15/h6,9-11,16,23,26-27H,2-5H2,1H3,(H2,22,28)(H,29,30)(H2,21,24,31)/t6?,9-,10-,11+,16+,19?/m1/s1. The number of H-pyrrole nitrogens is 1. The lowest BCUT2D eigenvalue weighted by atomic mass is 9.64. The summed E-state index contributed by atoms with van der Waals surface area (Å²) in [6, 6.07) is 0. The second kappa shape index (κ2) is 7.83. The molecule has 32 heavy (non-hydrogen) atoms. The first-order valence-corrected chi connectivity index (χ1v) is 10.9. The van der Waals surface area contributed by atoms with Crippen LogP contribution in [0.4, 0.5) is 5.82 Å². The molecule has 174 valence electrons. The van der Waals surface area contributed by atoms with E-state index in [4.69, 9.17) is 16.2 Å². The van der Waals surface area contributed by atoms with Gasteiger partial charge in [0.05, 0.1) is 27.1 Å². The van der Waals surface area contributed by atoms with Crippen LogP contribution in [-0.2, 0) is 9.53 Å². The highest BCUT2D eigenvalue weighted by Crippen LogP contribution is 2.48. The molecule has 1 aliphatic heterocycles. The Morgan fingerprint density at radius 1 is 1.31 bits per heavy atom. The summed E-state index contributed by atoms with van der Waals surface area (Å²) in [7, 11) is 0. The van der Waals surface area contributed by atoms with Crippen molar-refractivity contribution in [2.45, 2.75) is 57.1 Å². The van der Waals surface area contributed by atoms with Gasteiger partial charge < -0.3 is 36.5 Å². The highest BCUT2D eigenvalue weighted by atomic mass is 79.9. The van der Waals surface area contributed by atoms with Crippen LogP contribution in [-0.4, -0.2) is 60.0 Å². The number of halogens is 1. The van der Waals surface area contributed by atoms with Crippen LogP contribution in [0.15, 0.2) is 9.40 Å². The summed E-state index contributed by atoms with van der Waals surface area (Å²) in [6.07, 6.45) is -3.09. The van der Waals surface area contributed by atoms with Crippen molar-refractivity contribution in [3.05, 3.63) is 20.7 Å². The Morgan fingerprint density at radius 2 is 2.00 bits per heavy atom. The number of carbonyl (C=O) groups excluding carboxylic acids is 1. The fourth-order valence-corrected chi connectivity index (χ4v) is 5.63. The van der Waals surface area contributed by atoms with Crippen LogP contribution in [0.1, 0.15) is 49.2 Å². The molecule has 13 heteroatoms. The second-order valence-corrected chi connectivity index (χ2v) is 9.39. The third kappa shape index (κ3) is 3.22. The Bertz CT molecular complexity index is 1160. The molecule has 6 atom stereocenters. The SMILES string of the molecule is CC1(C(=O)O)CCCCC1[C@@H]1O[C@H](n2c(=O)nc(N)c3c(C(N)=O)c(Br)[nH]c32)[C@H](O)[C@H]1O. The van der Waals surface area contributed by atoms with Gasteiger partial charge in [0, 0.05) is 5.92 Å². The number of hydrogen-bond donors (Lipinski definition) is 6. The Morgan fingerprint density at radius 3 is 2.62 bits per heavy atom. The molecular weight excluding hydrogens is 490 g/mol. The van der Waals surface area contributed by atoms with Crippen LogP contribution in [0.2, 0.25) is 0 Å². The predicted molar refractivity (Wildman–Crippen MR) is 115 cm³/mol. The van der Waals surface area contributed by atoms with Crippen LogP contribution >= 0.6 is 15.9 Å². The molecule has 8 N–H and O–H groups in total. The molecule has 1 saturated carbocycles. The molecule has 12 nitrogen and oxygen atoms in total. The van der Waals surface area contributed by atoms with Gasteiger partial charge in [0.1, 0.15) is 23.7 Å². The summed E-state index contributed by atoms with van der Waals surface area (Å²) in [5.74, 6) is -2.67. The number of aromatic amines is 1. The number of aliphatic hydroxyl groups excluding tert-OH is 2. The summed E-state index contributed by atoms with van der Waals surface area (Å²) >= 11 is 3.17. The topological polar surface area (TPSA) is 207 Å². The van der Waals surface area contributed by atoms with Gasteiger partial charge in [0.2, 0.25) is 0 Å². The first-order chi connectivity index (χ1) is 15.0. The maximum absolute atomic E-state index is 12.8. The third-order valence-corrected chi connectivity index (χ3v) is 7.39. The number of rotatable bonds is 4. The number of fused-ring (bicyclic) bond motifs is 1. The minimum Gasteiger partial charge on any atom is -0.481 e. The molecule has 2 aromatic heterocycles. The number of ether oxygens (including phenoxy) is 1. The summed E-state index contributed by atoms with van der Waals surface area (Å²) in [4.78, 5) is 43.2. The number of hydrogen-bond acceptors (Lipinski definition) is 8. The molecule has 2 fully saturated rings. The maximum atomic E-state index is 12.8. The molecule has 1 amide bonds. The van der Waals surface area contributed by atoms with E-state index < -0.39 is 53.4 Å². The molecule has 2 aliphatic rings. The zero-order valence-corrected chi connectivity index (χ0v) is 18.7. The normalized spacial score (nSPS) is 32.9. The first kappa shape index (κ1) is 22.7. The number of primary amides is 1. The molecule has 1 aliphatic carbocycles. The Hall–Kier alpha value is -2.48. The van der Waals surface area contributed by atoms with Gasteiger partial charge in [0.25, 0.3) is 5.91 Å². The molecule has 4 rings (SSSR count). The first-order valence-electron chi connectivity index (χ1n) is 10.1. The molecule has 0 bridgehead atoms. The fourth-order valence-electron chi connectivity index (χ4n) is 5.05. The van der Waals surface area contributed by atoms with Gasteiger partial charge in [-0.2, -0.15) is 4.98 Å². The number of aliphatic carboxylic acids is 1. The van der Waals surface area contributed by atoms with Gasteiger partial charge in [-0.05, 0) is 35.7 Å². The van der Waals surface area contributed by atoms with E-state index in [-0.39, 0.29) is 27.0 Å². The van der Waals surface area contributed by atoms with E-state index in [1.165, 1.54) is 0 Å². The fraction of sp³-hybridized carbons (Fsp3) is 0.579. The zero-order chi connectivity index (χ0) is 23.5. The van der Waals surface area contributed by atoms with E-state index in [2.05, 4.69) is 25.9 Å². The van der Waals surface area contributed by atoms with Crippen LogP contribution in [0.25, 0.3) is 11.0 Å². The van der Waals surface area contributed by atoms with E-state index in [0.717, 1.165) is 17.4 Å². The van der Waals surface area contributed by atoms with Crippen molar-refractivity contribution in [1.29, 1.82) is 0 Å². The van der Waals surface area contributed by atoms with Gasteiger partial charge in [-0.3, -0.25) is 9.59 Å². The number of carboxylic acids is 1. The Labute approximate surface area is 189 Å². The largest absolute Gasteiger partial charge is 0.481 e. The number of carbonyl (C=O) groups is 2. The Kier molecular flexibility index (Phi) is 5.56. The lowest BCUT2D eigenvalue weighted by Crippen LogP contribution is -2.48. The molecular formula is C19H24BrN5O7. The smallest absolute Gasteiger partial charge is 0.353 e. The quantitative estimate of drug-likeness (QED) is 0.326. The number of aliphatic hydroxyl groups is 2. The second-order valence-electron chi connectivity index (χ2n) is 8.60. The lowest BCUT2D eigenvalue weighted by molar-refractivity contribution is -0.163. The lowest BCUT2D eigenvalue weighted by Gasteiger charge is -2.41. The van der Waals surface area contributed by atoms with E-state index >= 15 is 0 Å². The van der Waals surface area contributed by atoms with Crippen molar-refractivity contribution in [3.63, 3.8) is 0 Å². The highest BCUT2D eigenvalue weighted by Gasteiger charge is 2.55. The summed E-state index contributed by atoms with van der Waals surface area (Å²) in [5.41, 5.74) is 9.22. The van der Waals surface area contributed by atoms with Crippen molar-refractivity contribution < 1.29 is 29.6 Å². The molecule has 0 aromatic carbocycles. The van der Waals surface area contributed by atoms with Gasteiger partial charge in [-0.15, -0.1) is 0 Å². The Balaban J connectivity index is 1.82. The van der Waals surface area contributed by atoms with Crippen LogP contribution in [0, 0.1) is 11.3 Å². The summed E-state index contributed by atoms with van der Waals surface area (Å²) in [6.45, 7) is 1.60. The van der Waals surface area contributed by atoms with E-state index in [0.29, 0.717) is 12.8 Å². The van der Waals surface area contributed by atoms with Crippen LogP contribution in [0.5, 0.6) is 0 Å². The monoisotopic (exact) mass is 513 g/mol. The molecule has 0 radical (unpaired) electrons. The molecule has 2 unspecified atom stereocenters. The van der Waals surface area contributed by atoms with Crippen LogP contribution < -0.4 is 17.2 Å². The molecule has 0 spiro atoms. The van der Waals surface area contributed by atoms with Gasteiger partial charge >= 0.3 is 11.7 Å². The summed E-state index contributed by atoms with van der Waals surface area (Å²) in [5, 5.41) is 31.5. The third-order valence-electron chi connectivity index (χ3n) is 6.79. The number of carboxylic acid groups (broad SMARTS) is 1. The van der Waals surface area contributed by atoms with E-state index in [1.807, 2.05) is 0 Å². The minimum absolute atomic E-state index is 0.0183. The van der Waals surface area contributed by atoms with Gasteiger partial charge in [0.15, 0.2) is 6.23 Å². The number of amides is 1. The van der Waals surface area contributed by atoms with E-state index in [1.54, 1.807) is 6.92 Å². The van der Waals surface area contributed by atoms with E-state index in [9.17, 15) is 29.7 Å². The van der Waals surface area contributed by atoms with Crippen molar-refractivity contribution in [2.75, 3.05) is 5.73 Å². The number of nitrogens with one attached hydrogen (secondary N) is 1. The van der Waals surface area contributed by atoms with Crippen molar-refractivity contribution >= 4 is 44.7 Å². The zero-order valence-electron chi connectivity index (χ0n) is 17.1. The van der Waals surface area contributed by atoms with Crippen molar-refractivity contribution in [1.82, 2.24) is 14.5 Å². The molecule has 2 aromatic rings. The number of nitrogens with two attached hydrogens (primary N) is 2. The number of aromatic nitrogens is 3. The van der Waals surface area contributed by atoms with Crippen molar-refractivity contribution in [3.8, 4) is 0 Å². The number of nitrogens with zero attached hydrogens (tertiary/aromatic N) is 2. The number of nitrogen functional groups attached to an aromatic ring is 1. The molecule has 3 heterocycles. The van der Waals surface area contributed by atoms with Gasteiger partial charge in [-0.1, -0.05) is 12.8 Å². The molecule has 1 saturated heterocycles. The predicted octanol–water partition coefficient (Wildman–Crippen LogP) is 0.0685.